The summed E-state index contributed by atoms with van der Waals surface area (Å²) in [6.07, 6.45) is 5.56. The first-order chi connectivity index (χ1) is 19.5. The number of hydrogen-bond donors (Lipinski definition) is 0. The van der Waals surface area contributed by atoms with Crippen molar-refractivity contribution < 1.29 is 19.0 Å². The molecular weight excluding hydrogens is 508 g/mol. The standard InChI is InChI=1S/C30H36N6O4/c1-5-39-30(37)27-23-16-22(36-13-9-21(10-14-36)35-11-6-12-35)7-8-25(23)31-29(32-27)24-15-20-17-34(3)33-26(20)19(2)28(24)40-18-38-4/h7-8,15-17,21H,5-6,9-14,18H2,1-4H3. The number of nitrogens with zero attached hydrogens (tertiary/aromatic N) is 6. The minimum Gasteiger partial charge on any atom is -0.466 e. The molecule has 0 aliphatic carbocycles. The van der Waals surface area contributed by atoms with Gasteiger partial charge in [0.05, 0.1) is 23.2 Å². The van der Waals surface area contributed by atoms with Crippen molar-refractivity contribution in [3.05, 3.63) is 41.7 Å². The third kappa shape index (κ3) is 4.86. The molecule has 0 saturated carbocycles. The average Bonchev–Trinajstić information content (AvgIpc) is 3.31. The van der Waals surface area contributed by atoms with E-state index in [0.29, 0.717) is 34.1 Å². The molecule has 6 rings (SSSR count). The number of carbonyl (C=O) groups is 1. The van der Waals surface area contributed by atoms with Crippen LogP contribution in [0.25, 0.3) is 33.2 Å². The first kappa shape index (κ1) is 26.5. The van der Waals surface area contributed by atoms with Crippen molar-refractivity contribution in [3.63, 3.8) is 0 Å². The van der Waals surface area contributed by atoms with Gasteiger partial charge in [0.1, 0.15) is 5.75 Å². The first-order valence-corrected chi connectivity index (χ1v) is 14.0. The Morgan fingerprint density at radius 2 is 1.90 bits per heavy atom. The highest BCUT2D eigenvalue weighted by Crippen LogP contribution is 2.38. The molecule has 2 fully saturated rings. The van der Waals surface area contributed by atoms with E-state index in [2.05, 4.69) is 21.0 Å². The van der Waals surface area contributed by atoms with Gasteiger partial charge in [-0.1, -0.05) is 0 Å². The molecule has 0 unspecified atom stereocenters. The molecule has 0 N–H and O–H groups in total. The number of ether oxygens (including phenoxy) is 3. The molecule has 0 bridgehead atoms. The van der Waals surface area contributed by atoms with Crippen molar-refractivity contribution >= 4 is 33.5 Å². The third-order valence-corrected chi connectivity index (χ3v) is 8.04. The quantitative estimate of drug-likeness (QED) is 0.237. The number of piperidine rings is 1. The molecule has 10 nitrogen and oxygen atoms in total. The van der Waals surface area contributed by atoms with Gasteiger partial charge in [0, 0.05) is 61.5 Å². The predicted molar refractivity (Wildman–Crippen MR) is 154 cm³/mol. The molecule has 4 heterocycles. The maximum atomic E-state index is 13.2. The summed E-state index contributed by atoms with van der Waals surface area (Å²) >= 11 is 0. The van der Waals surface area contributed by atoms with Crippen molar-refractivity contribution in [3.8, 4) is 17.1 Å². The van der Waals surface area contributed by atoms with Gasteiger partial charge in [0.2, 0.25) is 0 Å². The fraction of sp³-hybridized carbons (Fsp3) is 0.467. The molecule has 0 amide bonds. The second-order valence-electron chi connectivity index (χ2n) is 10.6. The normalized spacial score (nSPS) is 16.4. The van der Waals surface area contributed by atoms with Crippen molar-refractivity contribution in [2.45, 2.75) is 39.2 Å². The molecule has 2 saturated heterocycles. The lowest BCUT2D eigenvalue weighted by molar-refractivity contribution is 0.0508. The lowest BCUT2D eigenvalue weighted by atomic mass is 9.99. The zero-order valence-corrected chi connectivity index (χ0v) is 23.6. The number of benzene rings is 2. The van der Waals surface area contributed by atoms with Crippen LogP contribution >= 0.6 is 0 Å². The SMILES string of the molecule is CCOC(=O)c1nc(-c2cc3cn(C)nc3c(C)c2OCOC)nc2ccc(N3CCC(N4CCC4)CC3)cc12. The average molecular weight is 545 g/mol. The number of fused-ring (bicyclic) bond motifs is 2. The molecular formula is C30H36N6O4. The van der Waals surface area contributed by atoms with Crippen LogP contribution in [0, 0.1) is 6.92 Å². The maximum Gasteiger partial charge on any atom is 0.357 e. The van der Waals surface area contributed by atoms with E-state index in [1.165, 1.54) is 19.5 Å². The van der Waals surface area contributed by atoms with E-state index in [4.69, 9.17) is 24.2 Å². The Morgan fingerprint density at radius 3 is 2.60 bits per heavy atom. The highest BCUT2D eigenvalue weighted by atomic mass is 16.7. The summed E-state index contributed by atoms with van der Waals surface area (Å²) in [5, 5.41) is 6.20. The number of anilines is 1. The van der Waals surface area contributed by atoms with Crippen LogP contribution in [0.4, 0.5) is 5.69 Å². The largest absolute Gasteiger partial charge is 0.466 e. The smallest absolute Gasteiger partial charge is 0.357 e. The molecule has 40 heavy (non-hydrogen) atoms. The van der Waals surface area contributed by atoms with E-state index in [1.54, 1.807) is 18.7 Å². The van der Waals surface area contributed by atoms with Crippen molar-refractivity contribution in [1.29, 1.82) is 0 Å². The summed E-state index contributed by atoms with van der Waals surface area (Å²) in [5.41, 5.74) is 4.34. The van der Waals surface area contributed by atoms with Gasteiger partial charge in [-0.05, 0) is 70.5 Å². The minimum atomic E-state index is -0.469. The van der Waals surface area contributed by atoms with Gasteiger partial charge in [0.25, 0.3) is 0 Å². The maximum absolute atomic E-state index is 13.2. The van der Waals surface area contributed by atoms with E-state index < -0.39 is 5.97 Å². The number of aryl methyl sites for hydroxylation is 2. The van der Waals surface area contributed by atoms with Gasteiger partial charge in [-0.25, -0.2) is 14.8 Å². The van der Waals surface area contributed by atoms with Gasteiger partial charge >= 0.3 is 5.97 Å². The molecule has 2 aromatic carbocycles. The third-order valence-electron chi connectivity index (χ3n) is 8.04. The number of aromatic nitrogens is 4. The molecule has 4 aromatic rings. The molecule has 2 aliphatic heterocycles. The Bertz CT molecular complexity index is 1560. The highest BCUT2D eigenvalue weighted by molar-refractivity contribution is 6.03. The molecule has 0 radical (unpaired) electrons. The minimum absolute atomic E-state index is 0.0578. The fourth-order valence-corrected chi connectivity index (χ4v) is 5.89. The second-order valence-corrected chi connectivity index (χ2v) is 10.6. The zero-order chi connectivity index (χ0) is 27.8. The monoisotopic (exact) mass is 544 g/mol. The second kappa shape index (κ2) is 11.0. The van der Waals surface area contributed by atoms with E-state index in [-0.39, 0.29) is 19.1 Å². The summed E-state index contributed by atoms with van der Waals surface area (Å²) in [6, 6.07) is 8.74. The van der Waals surface area contributed by atoms with E-state index in [9.17, 15) is 4.79 Å². The Hall–Kier alpha value is -3.76. The fourth-order valence-electron chi connectivity index (χ4n) is 5.89. The molecule has 0 spiro atoms. The summed E-state index contributed by atoms with van der Waals surface area (Å²) in [7, 11) is 3.45. The summed E-state index contributed by atoms with van der Waals surface area (Å²) < 4.78 is 18.4. The van der Waals surface area contributed by atoms with Crippen molar-refractivity contribution in [2.24, 2.45) is 7.05 Å². The van der Waals surface area contributed by atoms with E-state index >= 15 is 0 Å². The van der Waals surface area contributed by atoms with Crippen LogP contribution in [-0.4, -0.2) is 83.3 Å². The van der Waals surface area contributed by atoms with Crippen LogP contribution in [-0.2, 0) is 16.5 Å². The Labute approximate surface area is 233 Å². The van der Waals surface area contributed by atoms with Crippen LogP contribution < -0.4 is 9.64 Å². The molecule has 210 valence electrons. The molecule has 10 heteroatoms. The Kier molecular flexibility index (Phi) is 7.29. The van der Waals surface area contributed by atoms with Crippen LogP contribution in [0.15, 0.2) is 30.5 Å². The van der Waals surface area contributed by atoms with Gasteiger partial charge < -0.3 is 24.0 Å². The number of rotatable bonds is 8. The summed E-state index contributed by atoms with van der Waals surface area (Å²) in [6.45, 7) is 8.51. The van der Waals surface area contributed by atoms with E-state index in [1.807, 2.05) is 38.4 Å². The Morgan fingerprint density at radius 1 is 1.10 bits per heavy atom. The van der Waals surface area contributed by atoms with Gasteiger partial charge in [-0.3, -0.25) is 4.68 Å². The molecule has 2 aliphatic rings. The van der Waals surface area contributed by atoms with Gasteiger partial charge in [-0.15, -0.1) is 0 Å². The van der Waals surface area contributed by atoms with Crippen LogP contribution in [0.5, 0.6) is 5.75 Å². The number of methoxy groups -OCH3 is 1. The lowest BCUT2D eigenvalue weighted by Gasteiger charge is -2.43. The van der Waals surface area contributed by atoms with Crippen LogP contribution in [0.2, 0.25) is 0 Å². The predicted octanol–water partition coefficient (Wildman–Crippen LogP) is 4.33. The lowest BCUT2D eigenvalue weighted by Crippen LogP contribution is -2.50. The number of esters is 1. The van der Waals surface area contributed by atoms with Crippen molar-refractivity contribution in [1.82, 2.24) is 24.6 Å². The van der Waals surface area contributed by atoms with Gasteiger partial charge in [-0.2, -0.15) is 5.10 Å². The highest BCUT2D eigenvalue weighted by Gasteiger charge is 2.28. The zero-order valence-electron chi connectivity index (χ0n) is 23.6. The number of likely N-dealkylation sites (tertiary alicyclic amines) is 1. The van der Waals surface area contributed by atoms with Crippen LogP contribution in [0.3, 0.4) is 0 Å². The van der Waals surface area contributed by atoms with E-state index in [0.717, 1.165) is 48.1 Å². The first-order valence-electron chi connectivity index (χ1n) is 14.0. The summed E-state index contributed by atoms with van der Waals surface area (Å²) in [4.78, 5) is 27.9. The number of hydrogen-bond acceptors (Lipinski definition) is 9. The van der Waals surface area contributed by atoms with Gasteiger partial charge in [0.15, 0.2) is 18.3 Å². The summed E-state index contributed by atoms with van der Waals surface area (Å²) in [5.74, 6) is 0.492. The van der Waals surface area contributed by atoms with Crippen LogP contribution in [0.1, 0.15) is 42.2 Å². The number of carbonyl (C=O) groups excluding carboxylic acids is 1. The van der Waals surface area contributed by atoms with Crippen molar-refractivity contribution in [2.75, 3.05) is 51.6 Å². The Balaban J connectivity index is 1.43. The topological polar surface area (TPSA) is 94.8 Å². The molecule has 0 atom stereocenters. The molecule has 2 aromatic heterocycles.